The largest absolute Gasteiger partial charge is 0.325 e. The number of rotatable bonds is 14. The molecule has 3 N–H and O–H groups in total. The van der Waals surface area contributed by atoms with Crippen LogP contribution in [-0.4, -0.2) is 28.2 Å². The summed E-state index contributed by atoms with van der Waals surface area (Å²) in [6.07, 6.45) is 4.97. The molecular formula is C30H36F2NO3PS. The molecule has 0 fully saturated rings. The third kappa shape index (κ3) is 10.8. The molecule has 3 aromatic carbocycles. The molecule has 0 spiro atoms. The van der Waals surface area contributed by atoms with Crippen molar-refractivity contribution in [1.29, 1.82) is 0 Å². The van der Waals surface area contributed by atoms with Crippen LogP contribution in [0.2, 0.25) is 0 Å². The van der Waals surface area contributed by atoms with Crippen LogP contribution in [0.1, 0.15) is 53.5 Å². The fourth-order valence-corrected chi connectivity index (χ4v) is 5.53. The van der Waals surface area contributed by atoms with Gasteiger partial charge in [0.25, 0.3) is 0 Å². The third-order valence-corrected chi connectivity index (χ3v) is 8.27. The van der Waals surface area contributed by atoms with Crippen LogP contribution in [0.15, 0.2) is 65.6 Å². The highest BCUT2D eigenvalue weighted by molar-refractivity contribution is 7.99. The summed E-state index contributed by atoms with van der Waals surface area (Å²) >= 11 is 1.78. The summed E-state index contributed by atoms with van der Waals surface area (Å²) in [4.78, 5) is 19.0. The lowest BCUT2D eigenvalue weighted by atomic mass is 9.96. The van der Waals surface area contributed by atoms with Gasteiger partial charge in [0, 0.05) is 17.5 Å². The minimum Gasteiger partial charge on any atom is -0.324 e. The Morgan fingerprint density at radius 3 is 2.29 bits per heavy atom. The zero-order chi connectivity index (χ0) is 27.5. The number of allylic oxidation sites excluding steroid dienone is 1. The van der Waals surface area contributed by atoms with Gasteiger partial charge >= 0.3 is 7.60 Å². The molecule has 0 aliphatic rings. The first-order valence-electron chi connectivity index (χ1n) is 12.8. The second kappa shape index (κ2) is 14.8. The minimum atomic E-state index is -3.92. The van der Waals surface area contributed by atoms with E-state index in [-0.39, 0.29) is 6.16 Å². The molecule has 0 saturated heterocycles. The third-order valence-electron chi connectivity index (χ3n) is 6.27. The molecule has 0 amide bonds. The summed E-state index contributed by atoms with van der Waals surface area (Å²) in [6, 6.07) is 18.2. The topological polar surface area (TPSA) is 69.6 Å². The summed E-state index contributed by atoms with van der Waals surface area (Å²) in [6.45, 7) is 5.34. The van der Waals surface area contributed by atoms with Crippen molar-refractivity contribution in [2.24, 2.45) is 0 Å². The van der Waals surface area contributed by atoms with E-state index >= 15 is 0 Å². The number of hydrogen-bond acceptors (Lipinski definition) is 3. The van der Waals surface area contributed by atoms with E-state index in [2.05, 4.69) is 55.6 Å². The van der Waals surface area contributed by atoms with Gasteiger partial charge in [0.2, 0.25) is 0 Å². The van der Waals surface area contributed by atoms with Gasteiger partial charge in [0.15, 0.2) is 0 Å². The molecule has 0 aliphatic heterocycles. The summed E-state index contributed by atoms with van der Waals surface area (Å²) in [5, 5.41) is 3.21. The number of thioether (sulfide) groups is 1. The van der Waals surface area contributed by atoms with Crippen molar-refractivity contribution < 1.29 is 23.1 Å². The standard InChI is InChI=1S/C30H36F2NO3PS/c1-22-7-8-25(16-23(22)2)17-26(27-18-28(31)20-29(32)19-27)6-3-4-15-38-30-11-9-24(10-12-30)21-33-13-5-14-37(34,35)36/h7-12,16-20,33H,3-6,13-15,21H2,1-2H3,(H2,34,35,36)/b26-17+. The quantitative estimate of drug-likeness (QED) is 0.0816. The maximum absolute atomic E-state index is 13.9. The maximum Gasteiger partial charge on any atom is 0.325 e. The SMILES string of the molecule is Cc1ccc(/C=C(\CCCCSc2ccc(CNCCCP(=O)(O)O)cc2)c2cc(F)cc(F)c2)cc1C. The lowest BCUT2D eigenvalue weighted by Crippen LogP contribution is -2.15. The average Bonchev–Trinajstić information content (AvgIpc) is 2.84. The zero-order valence-electron chi connectivity index (χ0n) is 21.9. The van der Waals surface area contributed by atoms with E-state index in [1.54, 1.807) is 11.8 Å². The van der Waals surface area contributed by atoms with Crippen LogP contribution in [0.5, 0.6) is 0 Å². The van der Waals surface area contributed by atoms with Crippen molar-refractivity contribution >= 4 is 31.0 Å². The van der Waals surface area contributed by atoms with E-state index in [9.17, 15) is 13.3 Å². The molecule has 0 atom stereocenters. The maximum atomic E-state index is 13.9. The highest BCUT2D eigenvalue weighted by atomic mass is 32.2. The Balaban J connectivity index is 1.49. The van der Waals surface area contributed by atoms with E-state index < -0.39 is 19.2 Å². The van der Waals surface area contributed by atoms with Crippen LogP contribution in [0.4, 0.5) is 8.78 Å². The normalized spacial score (nSPS) is 12.2. The molecule has 4 nitrogen and oxygen atoms in total. The lowest BCUT2D eigenvalue weighted by Gasteiger charge is -2.11. The van der Waals surface area contributed by atoms with Gasteiger partial charge in [-0.1, -0.05) is 36.4 Å². The van der Waals surface area contributed by atoms with Crippen molar-refractivity contribution in [2.75, 3.05) is 18.5 Å². The number of halogens is 2. The molecule has 0 aromatic heterocycles. The number of hydrogen-bond donors (Lipinski definition) is 3. The first kappa shape index (κ1) is 30.3. The summed E-state index contributed by atoms with van der Waals surface area (Å²) in [5.74, 6) is -0.198. The molecule has 0 unspecified atom stereocenters. The summed E-state index contributed by atoms with van der Waals surface area (Å²) < 4.78 is 38.8. The first-order chi connectivity index (χ1) is 18.1. The van der Waals surface area contributed by atoms with E-state index in [4.69, 9.17) is 9.79 Å². The van der Waals surface area contributed by atoms with Gasteiger partial charge in [-0.25, -0.2) is 8.78 Å². The van der Waals surface area contributed by atoms with E-state index in [0.717, 1.165) is 47.8 Å². The van der Waals surface area contributed by atoms with Gasteiger partial charge in [-0.3, -0.25) is 4.57 Å². The van der Waals surface area contributed by atoms with Crippen LogP contribution < -0.4 is 5.32 Å². The number of nitrogens with one attached hydrogen (secondary N) is 1. The Hall–Kier alpha value is -2.28. The Labute approximate surface area is 228 Å². The smallest absolute Gasteiger partial charge is 0.324 e. The molecule has 0 heterocycles. The first-order valence-corrected chi connectivity index (χ1v) is 15.6. The highest BCUT2D eigenvalue weighted by Crippen LogP contribution is 2.34. The second-order valence-electron chi connectivity index (χ2n) is 9.54. The summed E-state index contributed by atoms with van der Waals surface area (Å²) in [7, 11) is -3.92. The van der Waals surface area contributed by atoms with Crippen LogP contribution >= 0.6 is 19.4 Å². The van der Waals surface area contributed by atoms with Crippen LogP contribution in [-0.2, 0) is 11.1 Å². The molecule has 0 radical (unpaired) electrons. The molecule has 8 heteroatoms. The molecule has 0 aliphatic carbocycles. The molecule has 3 rings (SSSR count). The van der Waals surface area contributed by atoms with Crippen molar-refractivity contribution in [3.05, 3.63) is 100 Å². The van der Waals surface area contributed by atoms with Gasteiger partial charge in [-0.2, -0.15) is 0 Å². The highest BCUT2D eigenvalue weighted by Gasteiger charge is 2.11. The van der Waals surface area contributed by atoms with Gasteiger partial charge in [-0.05, 0) is 109 Å². The molecular weight excluding hydrogens is 523 g/mol. The second-order valence-corrected chi connectivity index (χ2v) is 12.5. The van der Waals surface area contributed by atoms with Gasteiger partial charge < -0.3 is 15.1 Å². The van der Waals surface area contributed by atoms with Crippen molar-refractivity contribution in [3.8, 4) is 0 Å². The van der Waals surface area contributed by atoms with Gasteiger partial charge in [0.05, 0.1) is 6.16 Å². The molecule has 38 heavy (non-hydrogen) atoms. The minimum absolute atomic E-state index is 0.0996. The molecule has 204 valence electrons. The van der Waals surface area contributed by atoms with Gasteiger partial charge in [-0.15, -0.1) is 11.8 Å². The van der Waals surface area contributed by atoms with E-state index in [0.29, 0.717) is 25.1 Å². The van der Waals surface area contributed by atoms with Crippen molar-refractivity contribution in [1.82, 2.24) is 5.32 Å². The Morgan fingerprint density at radius 1 is 0.921 bits per heavy atom. The van der Waals surface area contributed by atoms with Crippen LogP contribution in [0.3, 0.4) is 0 Å². The number of aryl methyl sites for hydroxylation is 2. The van der Waals surface area contributed by atoms with E-state index in [1.807, 2.05) is 12.1 Å². The lowest BCUT2D eigenvalue weighted by molar-refractivity contribution is 0.371. The predicted molar refractivity (Wildman–Crippen MR) is 154 cm³/mol. The Morgan fingerprint density at radius 2 is 1.63 bits per heavy atom. The fraction of sp³-hybridized carbons (Fsp3) is 0.333. The predicted octanol–water partition coefficient (Wildman–Crippen LogP) is 7.74. The Kier molecular flexibility index (Phi) is 11.8. The van der Waals surface area contributed by atoms with E-state index in [1.165, 1.54) is 28.2 Å². The van der Waals surface area contributed by atoms with Crippen LogP contribution in [0.25, 0.3) is 11.6 Å². The zero-order valence-corrected chi connectivity index (χ0v) is 23.6. The Bertz CT molecular complexity index is 1250. The number of unbranched alkanes of at least 4 members (excludes halogenated alkanes) is 1. The van der Waals surface area contributed by atoms with Gasteiger partial charge in [0.1, 0.15) is 11.6 Å². The molecule has 0 bridgehead atoms. The number of benzene rings is 3. The van der Waals surface area contributed by atoms with Crippen molar-refractivity contribution in [2.45, 2.75) is 51.0 Å². The monoisotopic (exact) mass is 559 g/mol. The fourth-order valence-electron chi connectivity index (χ4n) is 4.05. The van der Waals surface area contributed by atoms with Crippen LogP contribution in [0, 0.1) is 25.5 Å². The molecule has 0 saturated carbocycles. The molecule has 3 aromatic rings. The summed E-state index contributed by atoms with van der Waals surface area (Å²) in [5.41, 5.74) is 6.04. The average molecular weight is 560 g/mol. The van der Waals surface area contributed by atoms with Crippen molar-refractivity contribution in [3.63, 3.8) is 0 Å².